The molecule has 26 heavy (non-hydrogen) atoms. The molecule has 1 fully saturated rings. The van der Waals surface area contributed by atoms with Crippen LogP contribution in [-0.4, -0.2) is 55.7 Å². The van der Waals surface area contributed by atoms with Crippen LogP contribution in [0.15, 0.2) is 42.5 Å². The first-order valence-electron chi connectivity index (χ1n) is 8.92. The average Bonchev–Trinajstić information content (AvgIpc) is 2.65. The van der Waals surface area contributed by atoms with Gasteiger partial charge >= 0.3 is 0 Å². The normalized spacial score (nSPS) is 15.0. The number of aromatic hydroxyl groups is 1. The number of nitrogens with one attached hydrogen (secondary N) is 1. The lowest BCUT2D eigenvalue weighted by Gasteiger charge is -2.34. The van der Waals surface area contributed by atoms with Gasteiger partial charge in [0.15, 0.2) is 0 Å². The Balaban J connectivity index is 1.49. The zero-order valence-electron chi connectivity index (χ0n) is 15.1. The first-order valence-corrected chi connectivity index (χ1v) is 8.92. The third-order valence-corrected chi connectivity index (χ3v) is 4.79. The second-order valence-electron chi connectivity index (χ2n) is 6.74. The van der Waals surface area contributed by atoms with E-state index in [4.69, 9.17) is 5.73 Å². The van der Waals surface area contributed by atoms with Crippen molar-refractivity contribution in [1.82, 2.24) is 10.2 Å². The van der Waals surface area contributed by atoms with Gasteiger partial charge in [0.05, 0.1) is 5.69 Å². The van der Waals surface area contributed by atoms with Crippen molar-refractivity contribution in [2.24, 2.45) is 0 Å². The highest BCUT2D eigenvalue weighted by Crippen LogP contribution is 2.20. The molecule has 0 aliphatic carbocycles. The maximum Gasteiger partial charge on any atom is 0.251 e. The van der Waals surface area contributed by atoms with Crippen LogP contribution in [0.1, 0.15) is 15.9 Å². The van der Waals surface area contributed by atoms with Gasteiger partial charge in [-0.05, 0) is 49.4 Å². The molecule has 0 aromatic heterocycles. The summed E-state index contributed by atoms with van der Waals surface area (Å²) in [5, 5.41) is 12.3. The van der Waals surface area contributed by atoms with Gasteiger partial charge in [0.25, 0.3) is 5.91 Å². The average molecular weight is 354 g/mol. The van der Waals surface area contributed by atoms with Crippen LogP contribution in [0.25, 0.3) is 0 Å². The molecule has 6 nitrogen and oxygen atoms in total. The number of piperazine rings is 1. The van der Waals surface area contributed by atoms with Crippen LogP contribution in [0.2, 0.25) is 0 Å². The van der Waals surface area contributed by atoms with Crippen LogP contribution in [-0.2, 0) is 6.42 Å². The third-order valence-electron chi connectivity index (χ3n) is 4.79. The number of phenolic OH excluding ortho intramolecular Hbond substituents is 1. The summed E-state index contributed by atoms with van der Waals surface area (Å²) in [4.78, 5) is 16.9. The van der Waals surface area contributed by atoms with Crippen molar-refractivity contribution in [1.29, 1.82) is 0 Å². The molecule has 1 amide bonds. The van der Waals surface area contributed by atoms with Gasteiger partial charge in [0, 0.05) is 44.0 Å². The van der Waals surface area contributed by atoms with Gasteiger partial charge in [-0.25, -0.2) is 0 Å². The van der Waals surface area contributed by atoms with Gasteiger partial charge in [-0.15, -0.1) is 0 Å². The maximum absolute atomic E-state index is 12.1. The van der Waals surface area contributed by atoms with E-state index >= 15 is 0 Å². The number of nitrogens with two attached hydrogens (primary N) is 1. The highest BCUT2D eigenvalue weighted by molar-refractivity contribution is 5.95. The number of carbonyl (C=O) groups excluding carboxylic acids is 1. The second kappa shape index (κ2) is 8.10. The molecule has 4 N–H and O–H groups in total. The standard InChI is InChI=1S/C20H26N4O2/c1-23-10-12-24(13-11-23)17-5-2-15(3-6-17)8-9-22-20(26)16-4-7-19(25)18(21)14-16/h2-7,14,25H,8-13,21H2,1H3,(H,22,26). The highest BCUT2D eigenvalue weighted by Gasteiger charge is 2.14. The van der Waals surface area contributed by atoms with E-state index < -0.39 is 0 Å². The minimum atomic E-state index is -0.189. The zero-order valence-corrected chi connectivity index (χ0v) is 15.1. The van der Waals surface area contributed by atoms with Crippen molar-refractivity contribution in [2.75, 3.05) is 50.4 Å². The summed E-state index contributed by atoms with van der Waals surface area (Å²) in [6, 6.07) is 13.0. The number of carbonyl (C=O) groups is 1. The Morgan fingerprint density at radius 1 is 1.12 bits per heavy atom. The number of anilines is 2. The minimum absolute atomic E-state index is 0.0120. The molecule has 0 atom stereocenters. The third kappa shape index (κ3) is 4.46. The second-order valence-corrected chi connectivity index (χ2v) is 6.74. The molecule has 138 valence electrons. The maximum atomic E-state index is 12.1. The topological polar surface area (TPSA) is 81.8 Å². The van der Waals surface area contributed by atoms with Gasteiger partial charge in [-0.1, -0.05) is 12.1 Å². The van der Waals surface area contributed by atoms with E-state index in [-0.39, 0.29) is 17.3 Å². The molecule has 3 rings (SSSR count). The van der Waals surface area contributed by atoms with E-state index in [1.54, 1.807) is 6.07 Å². The summed E-state index contributed by atoms with van der Waals surface area (Å²) in [6.45, 7) is 4.85. The van der Waals surface area contributed by atoms with Crippen molar-refractivity contribution in [3.63, 3.8) is 0 Å². The summed E-state index contributed by atoms with van der Waals surface area (Å²) in [7, 11) is 2.15. The molecule has 1 aliphatic heterocycles. The fourth-order valence-corrected chi connectivity index (χ4v) is 3.06. The van der Waals surface area contributed by atoms with E-state index in [0.29, 0.717) is 12.1 Å². The summed E-state index contributed by atoms with van der Waals surface area (Å²) < 4.78 is 0. The number of phenols is 1. The lowest BCUT2D eigenvalue weighted by molar-refractivity contribution is 0.0954. The van der Waals surface area contributed by atoms with Gasteiger partial charge in [-0.2, -0.15) is 0 Å². The van der Waals surface area contributed by atoms with E-state index in [2.05, 4.69) is 46.4 Å². The Labute approximate surface area is 154 Å². The van der Waals surface area contributed by atoms with Crippen molar-refractivity contribution in [3.05, 3.63) is 53.6 Å². The fourth-order valence-electron chi connectivity index (χ4n) is 3.06. The number of likely N-dealkylation sites (N-methyl/N-ethyl adjacent to an activating group) is 1. The van der Waals surface area contributed by atoms with Crippen LogP contribution >= 0.6 is 0 Å². The number of hydrogen-bond donors (Lipinski definition) is 3. The molecular weight excluding hydrogens is 328 g/mol. The van der Waals surface area contributed by atoms with Gasteiger partial charge in [-0.3, -0.25) is 4.79 Å². The van der Waals surface area contributed by atoms with Crippen LogP contribution in [0.4, 0.5) is 11.4 Å². The number of benzene rings is 2. The monoisotopic (exact) mass is 354 g/mol. The molecule has 6 heteroatoms. The molecule has 0 saturated carbocycles. The predicted octanol–water partition coefficient (Wildman–Crippen LogP) is 1.70. The SMILES string of the molecule is CN1CCN(c2ccc(CCNC(=O)c3ccc(O)c(N)c3)cc2)CC1. The number of nitrogens with zero attached hydrogens (tertiary/aromatic N) is 2. The Kier molecular flexibility index (Phi) is 5.63. The molecule has 2 aromatic carbocycles. The van der Waals surface area contributed by atoms with Crippen LogP contribution < -0.4 is 16.0 Å². The Hall–Kier alpha value is -2.73. The van der Waals surface area contributed by atoms with Gasteiger partial charge < -0.3 is 26.0 Å². The smallest absolute Gasteiger partial charge is 0.251 e. The molecule has 1 heterocycles. The number of amides is 1. The van der Waals surface area contributed by atoms with E-state index in [0.717, 1.165) is 32.6 Å². The molecule has 0 spiro atoms. The van der Waals surface area contributed by atoms with Crippen molar-refractivity contribution >= 4 is 17.3 Å². The molecule has 1 saturated heterocycles. The summed E-state index contributed by atoms with van der Waals surface area (Å²) in [6.07, 6.45) is 0.766. The Bertz CT molecular complexity index is 753. The first kappa shape index (κ1) is 18.1. The van der Waals surface area contributed by atoms with Crippen molar-refractivity contribution in [3.8, 4) is 5.75 Å². The van der Waals surface area contributed by atoms with Crippen LogP contribution in [0, 0.1) is 0 Å². The van der Waals surface area contributed by atoms with Crippen molar-refractivity contribution < 1.29 is 9.90 Å². The minimum Gasteiger partial charge on any atom is -0.506 e. The number of nitrogen functional groups attached to an aromatic ring is 1. The molecule has 2 aromatic rings. The highest BCUT2D eigenvalue weighted by atomic mass is 16.3. The Morgan fingerprint density at radius 3 is 2.46 bits per heavy atom. The van der Waals surface area contributed by atoms with Gasteiger partial charge in [0.1, 0.15) is 5.75 Å². The fraction of sp³-hybridized carbons (Fsp3) is 0.350. The first-order chi connectivity index (χ1) is 12.5. The summed E-state index contributed by atoms with van der Waals surface area (Å²) in [5.74, 6) is -0.201. The van der Waals surface area contributed by atoms with E-state index in [1.165, 1.54) is 23.4 Å². The van der Waals surface area contributed by atoms with Gasteiger partial charge in [0.2, 0.25) is 0 Å². The molecule has 0 unspecified atom stereocenters. The number of hydrogen-bond acceptors (Lipinski definition) is 5. The van der Waals surface area contributed by atoms with Crippen LogP contribution in [0.5, 0.6) is 5.75 Å². The summed E-state index contributed by atoms with van der Waals surface area (Å²) >= 11 is 0. The largest absolute Gasteiger partial charge is 0.506 e. The lowest BCUT2D eigenvalue weighted by Crippen LogP contribution is -2.44. The van der Waals surface area contributed by atoms with Crippen molar-refractivity contribution in [2.45, 2.75) is 6.42 Å². The van der Waals surface area contributed by atoms with E-state index in [1.807, 2.05) is 0 Å². The molecular formula is C20H26N4O2. The van der Waals surface area contributed by atoms with E-state index in [9.17, 15) is 9.90 Å². The molecule has 1 aliphatic rings. The summed E-state index contributed by atoms with van der Waals surface area (Å²) in [5.41, 5.74) is 8.72. The zero-order chi connectivity index (χ0) is 18.5. The van der Waals surface area contributed by atoms with Crippen LogP contribution in [0.3, 0.4) is 0 Å². The lowest BCUT2D eigenvalue weighted by atomic mass is 10.1. The number of rotatable bonds is 5. The predicted molar refractivity (Wildman–Crippen MR) is 105 cm³/mol. The quantitative estimate of drug-likeness (QED) is 0.562. The Morgan fingerprint density at radius 2 is 1.81 bits per heavy atom. The molecule has 0 radical (unpaired) electrons. The molecule has 0 bridgehead atoms.